The summed E-state index contributed by atoms with van der Waals surface area (Å²) in [5.74, 6) is 0.854. The maximum atomic E-state index is 10.1. The molecule has 0 amide bonds. The first-order valence-corrected chi connectivity index (χ1v) is 5.00. The molecule has 1 N–H and O–H groups in total. The highest BCUT2D eigenvalue weighted by molar-refractivity contribution is 7.99. The first-order valence-electron chi connectivity index (χ1n) is 3.84. The lowest BCUT2D eigenvalue weighted by molar-refractivity contribution is -0.136. The molecule has 68 valence electrons. The van der Waals surface area contributed by atoms with E-state index < -0.39 is 5.97 Å². The van der Waals surface area contributed by atoms with Crippen LogP contribution in [-0.4, -0.2) is 22.6 Å². The molecular weight excluding hydrogens is 172 g/mol. The summed E-state index contributed by atoms with van der Waals surface area (Å²) < 4.78 is 0. The first kappa shape index (κ1) is 11.3. The van der Waals surface area contributed by atoms with Crippen LogP contribution in [0.25, 0.3) is 0 Å². The largest absolute Gasteiger partial charge is 0.481 e. The number of hydrogen-bond donors (Lipinski definition) is 1. The molecule has 0 heterocycles. The zero-order valence-electron chi connectivity index (χ0n) is 7.19. The summed E-state index contributed by atoms with van der Waals surface area (Å²) in [6, 6.07) is 0. The van der Waals surface area contributed by atoms with Crippen molar-refractivity contribution >= 4 is 17.7 Å². The summed E-state index contributed by atoms with van der Waals surface area (Å²) in [5.41, 5.74) is 0. The van der Waals surface area contributed by atoms with Gasteiger partial charge in [-0.3, -0.25) is 4.79 Å². The maximum Gasteiger partial charge on any atom is 0.304 e. The van der Waals surface area contributed by atoms with Crippen LogP contribution in [0.1, 0.15) is 13.3 Å². The topological polar surface area (TPSA) is 37.3 Å². The average Bonchev–Trinajstić information content (AvgIpc) is 2.02. The molecule has 0 fully saturated rings. The molecule has 0 bridgehead atoms. The van der Waals surface area contributed by atoms with Crippen molar-refractivity contribution in [3.05, 3.63) is 24.3 Å². The van der Waals surface area contributed by atoms with Crippen molar-refractivity contribution in [2.75, 3.05) is 11.5 Å². The van der Waals surface area contributed by atoms with E-state index in [4.69, 9.17) is 5.11 Å². The molecule has 0 rings (SSSR count). The molecule has 12 heavy (non-hydrogen) atoms. The quantitative estimate of drug-likeness (QED) is 0.511. The Kier molecular flexibility index (Phi) is 7.91. The lowest BCUT2D eigenvalue weighted by Crippen LogP contribution is -1.95. The van der Waals surface area contributed by atoms with Gasteiger partial charge in [0.05, 0.1) is 6.42 Å². The van der Waals surface area contributed by atoms with E-state index in [0.717, 1.165) is 5.75 Å². The summed E-state index contributed by atoms with van der Waals surface area (Å²) in [4.78, 5) is 10.1. The molecule has 0 aromatic carbocycles. The fourth-order valence-corrected chi connectivity index (χ4v) is 1.29. The average molecular weight is 186 g/mol. The van der Waals surface area contributed by atoms with Crippen LogP contribution in [0.2, 0.25) is 0 Å². The fourth-order valence-electron chi connectivity index (χ4n) is 0.556. The number of carboxylic acid groups (broad SMARTS) is 1. The zero-order valence-corrected chi connectivity index (χ0v) is 8.01. The predicted octanol–water partition coefficient (Wildman–Crippen LogP) is 2.33. The predicted molar refractivity (Wildman–Crippen MR) is 53.5 cm³/mol. The van der Waals surface area contributed by atoms with Gasteiger partial charge in [-0.15, -0.1) is 0 Å². The fraction of sp³-hybridized carbons (Fsp3) is 0.444. The molecule has 2 nitrogen and oxygen atoms in total. The van der Waals surface area contributed by atoms with E-state index in [2.05, 4.69) is 0 Å². The Hall–Kier alpha value is -0.700. The second-order valence-electron chi connectivity index (χ2n) is 2.17. The molecule has 0 radical (unpaired) electrons. The van der Waals surface area contributed by atoms with Gasteiger partial charge in [0.1, 0.15) is 0 Å². The second-order valence-corrected chi connectivity index (χ2v) is 3.32. The van der Waals surface area contributed by atoms with Crippen molar-refractivity contribution < 1.29 is 9.90 Å². The number of allylic oxidation sites excluding steroid dienone is 3. The Balaban J connectivity index is 3.15. The van der Waals surface area contributed by atoms with Gasteiger partial charge in [-0.2, -0.15) is 11.8 Å². The van der Waals surface area contributed by atoms with E-state index >= 15 is 0 Å². The smallest absolute Gasteiger partial charge is 0.304 e. The van der Waals surface area contributed by atoms with Crippen molar-refractivity contribution in [3.8, 4) is 0 Å². The van der Waals surface area contributed by atoms with Crippen LogP contribution in [0.4, 0.5) is 0 Å². The van der Waals surface area contributed by atoms with Gasteiger partial charge < -0.3 is 5.11 Å². The normalized spacial score (nSPS) is 11.4. The molecule has 0 aliphatic carbocycles. The lowest BCUT2D eigenvalue weighted by atomic mass is 10.5. The SMILES string of the molecule is CC=CC=CCSCCC(=O)O. The minimum absolute atomic E-state index is 0.252. The summed E-state index contributed by atoms with van der Waals surface area (Å²) in [7, 11) is 0. The van der Waals surface area contributed by atoms with Gasteiger partial charge in [-0.25, -0.2) is 0 Å². The van der Waals surface area contributed by atoms with Gasteiger partial charge in [0, 0.05) is 11.5 Å². The Morgan fingerprint density at radius 2 is 2.25 bits per heavy atom. The van der Waals surface area contributed by atoms with E-state index in [0.29, 0.717) is 5.75 Å². The molecule has 0 aromatic rings. The number of aliphatic carboxylic acids is 1. The van der Waals surface area contributed by atoms with E-state index in [1.807, 2.05) is 31.2 Å². The minimum atomic E-state index is -0.722. The van der Waals surface area contributed by atoms with Crippen molar-refractivity contribution in [3.63, 3.8) is 0 Å². The Labute approximate surface area is 77.4 Å². The van der Waals surface area contributed by atoms with Crippen LogP contribution >= 0.6 is 11.8 Å². The third kappa shape index (κ3) is 9.30. The summed E-state index contributed by atoms with van der Waals surface area (Å²) in [6.45, 7) is 1.96. The molecule has 0 unspecified atom stereocenters. The summed E-state index contributed by atoms with van der Waals surface area (Å²) >= 11 is 1.63. The van der Waals surface area contributed by atoms with Crippen molar-refractivity contribution in [2.45, 2.75) is 13.3 Å². The standard InChI is InChI=1S/C9H14O2S/c1-2-3-4-5-7-12-8-6-9(10)11/h2-5H,6-8H2,1H3,(H,10,11). The van der Waals surface area contributed by atoms with Crippen LogP contribution in [0, 0.1) is 0 Å². The molecule has 3 heteroatoms. The van der Waals surface area contributed by atoms with Gasteiger partial charge in [-0.05, 0) is 6.92 Å². The molecule has 0 aliphatic heterocycles. The second kappa shape index (κ2) is 8.40. The van der Waals surface area contributed by atoms with Gasteiger partial charge in [0.25, 0.3) is 0 Å². The number of carboxylic acids is 1. The summed E-state index contributed by atoms with van der Waals surface area (Å²) in [6.07, 6.45) is 8.15. The highest BCUT2D eigenvalue weighted by atomic mass is 32.2. The van der Waals surface area contributed by atoms with Gasteiger partial charge in [0.15, 0.2) is 0 Å². The third-order valence-electron chi connectivity index (χ3n) is 1.11. The number of hydrogen-bond acceptors (Lipinski definition) is 2. The van der Waals surface area contributed by atoms with E-state index in [-0.39, 0.29) is 6.42 Å². The highest BCUT2D eigenvalue weighted by Gasteiger charge is 1.93. The highest BCUT2D eigenvalue weighted by Crippen LogP contribution is 2.02. The minimum Gasteiger partial charge on any atom is -0.481 e. The van der Waals surface area contributed by atoms with Crippen molar-refractivity contribution in [2.24, 2.45) is 0 Å². The number of carbonyl (C=O) groups is 1. The Morgan fingerprint density at radius 3 is 2.83 bits per heavy atom. The third-order valence-corrected chi connectivity index (χ3v) is 2.03. The van der Waals surface area contributed by atoms with Crippen molar-refractivity contribution in [1.29, 1.82) is 0 Å². The molecular formula is C9H14O2S. The number of thioether (sulfide) groups is 1. The molecule has 0 saturated heterocycles. The number of rotatable bonds is 6. The monoisotopic (exact) mass is 186 g/mol. The van der Waals surface area contributed by atoms with E-state index in [1.165, 1.54) is 0 Å². The van der Waals surface area contributed by atoms with Crippen LogP contribution < -0.4 is 0 Å². The summed E-state index contributed by atoms with van der Waals surface area (Å²) in [5, 5.41) is 8.31. The first-order chi connectivity index (χ1) is 5.77. The van der Waals surface area contributed by atoms with Crippen LogP contribution in [-0.2, 0) is 4.79 Å². The van der Waals surface area contributed by atoms with Crippen LogP contribution in [0.5, 0.6) is 0 Å². The van der Waals surface area contributed by atoms with E-state index in [1.54, 1.807) is 11.8 Å². The van der Waals surface area contributed by atoms with Gasteiger partial charge in [-0.1, -0.05) is 24.3 Å². The molecule has 0 aromatic heterocycles. The zero-order chi connectivity index (χ0) is 9.23. The maximum absolute atomic E-state index is 10.1. The van der Waals surface area contributed by atoms with Crippen LogP contribution in [0.15, 0.2) is 24.3 Å². The van der Waals surface area contributed by atoms with Gasteiger partial charge >= 0.3 is 5.97 Å². The Morgan fingerprint density at radius 1 is 1.50 bits per heavy atom. The van der Waals surface area contributed by atoms with Gasteiger partial charge in [0.2, 0.25) is 0 Å². The molecule has 0 spiro atoms. The lowest BCUT2D eigenvalue weighted by Gasteiger charge is -1.92. The van der Waals surface area contributed by atoms with E-state index in [9.17, 15) is 4.79 Å². The van der Waals surface area contributed by atoms with Crippen LogP contribution in [0.3, 0.4) is 0 Å². The Bertz CT molecular complexity index is 173. The molecule has 0 atom stereocenters. The molecule has 0 aliphatic rings. The van der Waals surface area contributed by atoms with Crippen molar-refractivity contribution in [1.82, 2.24) is 0 Å². The molecule has 0 saturated carbocycles.